The van der Waals surface area contributed by atoms with Crippen LogP contribution in [0.2, 0.25) is 0 Å². The topological polar surface area (TPSA) is 245 Å². The Balaban J connectivity index is 1.49. The minimum Gasteiger partial charge on any atom is -0.467 e. The molecule has 0 aromatic rings. The lowest BCUT2D eigenvalue weighted by atomic mass is 9.38. The van der Waals surface area contributed by atoms with Crippen LogP contribution in [0.25, 0.3) is 0 Å². The number of ether oxygens (including phenoxy) is 6. The maximum absolute atomic E-state index is 13.7. The minimum atomic E-state index is -2.30. The molecule has 16 nitrogen and oxygen atoms in total. The molecule has 2 bridgehead atoms. The Morgan fingerprint density at radius 2 is 1.73 bits per heavy atom. The average Bonchev–Trinajstić information content (AvgIpc) is 3.30. The molecule has 13 unspecified atom stereocenters. The third-order valence-corrected chi connectivity index (χ3v) is 11.2. The van der Waals surface area contributed by atoms with Gasteiger partial charge in [0.2, 0.25) is 18.0 Å². The summed E-state index contributed by atoms with van der Waals surface area (Å²) < 4.78 is 33.6. The number of carbonyl (C=O) groups excluding carboxylic acids is 4. The summed E-state index contributed by atoms with van der Waals surface area (Å²) in [6, 6.07) is 0. The van der Waals surface area contributed by atoms with Crippen molar-refractivity contribution >= 4 is 23.7 Å². The Bertz CT molecular complexity index is 1310. The number of allylic oxidation sites excluding steroid dienone is 2. The monoisotopic (exact) mass is 642 g/mol. The third-order valence-electron chi connectivity index (χ3n) is 11.2. The van der Waals surface area contributed by atoms with Crippen molar-refractivity contribution in [1.29, 1.82) is 0 Å². The summed E-state index contributed by atoms with van der Waals surface area (Å²) in [5, 5.41) is 64.2. The van der Waals surface area contributed by atoms with E-state index < -0.39 is 126 Å². The molecule has 3 aliphatic carbocycles. The van der Waals surface area contributed by atoms with Gasteiger partial charge in [-0.25, -0.2) is 9.59 Å². The number of hydrogen-bond acceptors (Lipinski definition) is 16. The number of esters is 3. The van der Waals surface area contributed by atoms with E-state index in [0.717, 1.165) is 14.0 Å². The van der Waals surface area contributed by atoms with E-state index in [9.17, 15) is 49.8 Å². The first-order chi connectivity index (χ1) is 21.1. The van der Waals surface area contributed by atoms with Crippen LogP contribution in [0.5, 0.6) is 0 Å². The molecule has 1 spiro atoms. The molecule has 6 aliphatic rings. The average molecular weight is 643 g/mol. The number of rotatable bonds is 5. The number of aliphatic hydroxyl groups is 6. The van der Waals surface area contributed by atoms with Gasteiger partial charge in [-0.2, -0.15) is 0 Å². The molecule has 0 amide bonds. The molecular formula is C29H38O16. The molecule has 3 heterocycles. The zero-order valence-electron chi connectivity index (χ0n) is 25.0. The smallest absolute Gasteiger partial charge is 0.348 e. The van der Waals surface area contributed by atoms with Crippen LogP contribution in [0.3, 0.4) is 0 Å². The molecule has 5 fully saturated rings. The molecule has 3 saturated heterocycles. The van der Waals surface area contributed by atoms with Crippen molar-refractivity contribution in [2.75, 3.05) is 20.3 Å². The fourth-order valence-corrected chi connectivity index (χ4v) is 9.36. The maximum Gasteiger partial charge on any atom is 0.348 e. The molecule has 3 aliphatic heterocycles. The van der Waals surface area contributed by atoms with Crippen LogP contribution in [0, 0.1) is 34.5 Å². The molecule has 0 aromatic carbocycles. The number of aliphatic hydroxyl groups excluding tert-OH is 6. The second-order valence-corrected chi connectivity index (χ2v) is 13.2. The Morgan fingerprint density at radius 3 is 2.36 bits per heavy atom. The molecule has 0 radical (unpaired) electrons. The summed E-state index contributed by atoms with van der Waals surface area (Å²) in [6.45, 7) is 3.33. The van der Waals surface area contributed by atoms with Crippen molar-refractivity contribution in [3.8, 4) is 0 Å². The van der Waals surface area contributed by atoms with Crippen molar-refractivity contribution in [2.24, 2.45) is 34.5 Å². The Morgan fingerprint density at radius 1 is 1.04 bits per heavy atom. The highest BCUT2D eigenvalue weighted by atomic mass is 16.7. The lowest BCUT2D eigenvalue weighted by Crippen LogP contribution is -2.79. The number of hydrogen-bond donors (Lipinski definition) is 6. The fourth-order valence-electron chi connectivity index (χ4n) is 9.36. The summed E-state index contributed by atoms with van der Waals surface area (Å²) in [7, 11) is 1.05. The van der Waals surface area contributed by atoms with Crippen LogP contribution in [-0.2, 0) is 47.6 Å². The molecule has 0 aromatic heterocycles. The molecule has 16 atom stereocenters. The predicted molar refractivity (Wildman–Crippen MR) is 141 cm³/mol. The lowest BCUT2D eigenvalue weighted by Gasteiger charge is -2.67. The molecule has 16 heteroatoms. The number of fused-ring (bicyclic) bond motifs is 2. The largest absolute Gasteiger partial charge is 0.467 e. The molecule has 45 heavy (non-hydrogen) atoms. The zero-order valence-corrected chi connectivity index (χ0v) is 25.0. The van der Waals surface area contributed by atoms with Crippen molar-refractivity contribution < 1.29 is 78.2 Å². The fraction of sp³-hybridized carbons (Fsp3) is 0.793. The first-order valence-electron chi connectivity index (χ1n) is 14.8. The third kappa shape index (κ3) is 4.06. The van der Waals surface area contributed by atoms with Gasteiger partial charge in [-0.15, -0.1) is 0 Å². The quantitative estimate of drug-likeness (QED) is 0.127. The molecular weight excluding hydrogens is 604 g/mol. The van der Waals surface area contributed by atoms with Crippen LogP contribution in [0.1, 0.15) is 27.2 Å². The van der Waals surface area contributed by atoms with E-state index in [2.05, 4.69) is 0 Å². The van der Waals surface area contributed by atoms with E-state index in [1.807, 2.05) is 0 Å². The number of Topliss-reactive ketones (excluding diaryl/α,β-unsaturated/α-hetero) is 1. The van der Waals surface area contributed by atoms with E-state index in [1.165, 1.54) is 6.08 Å². The van der Waals surface area contributed by atoms with Crippen LogP contribution in [0.4, 0.5) is 0 Å². The van der Waals surface area contributed by atoms with E-state index in [0.29, 0.717) is 0 Å². The first-order valence-corrected chi connectivity index (χ1v) is 14.8. The van der Waals surface area contributed by atoms with Gasteiger partial charge in [-0.3, -0.25) is 9.59 Å². The van der Waals surface area contributed by atoms with Gasteiger partial charge in [0.15, 0.2) is 11.5 Å². The standard InChI is InChI=1S/C29H38O16/c1-9-11-5-14-28-8-41-29(26(39)40-4,22(28)20(24(38)45-14)42-10(2)31)23(37)19(36)21(28)27(11,3)6-12(15(9)32)43-25-18(35)17(34)16(33)13(7-30)44-25/h6,9,11,13-14,16-23,25,30,33-37H,5,7-8H2,1-4H3/t9?,11?,13?,14?,16?,17?,18?,19?,20?,21?,22?,23?,25?,27-,28+,29-/m0/s1. The zero-order chi connectivity index (χ0) is 33.0. The van der Waals surface area contributed by atoms with E-state index in [4.69, 9.17) is 28.4 Å². The van der Waals surface area contributed by atoms with Gasteiger partial charge in [0.25, 0.3) is 0 Å². The van der Waals surface area contributed by atoms with Crippen molar-refractivity contribution in [1.82, 2.24) is 0 Å². The minimum absolute atomic E-state index is 0.0577. The number of carbonyl (C=O) groups is 4. The van der Waals surface area contributed by atoms with Crippen LogP contribution in [0.15, 0.2) is 11.8 Å². The summed E-state index contributed by atoms with van der Waals surface area (Å²) in [4.78, 5) is 52.7. The lowest BCUT2D eigenvalue weighted by molar-refractivity contribution is -0.296. The van der Waals surface area contributed by atoms with Gasteiger partial charge < -0.3 is 59.1 Å². The molecule has 250 valence electrons. The summed E-state index contributed by atoms with van der Waals surface area (Å²) in [6.07, 6.45) is -13.2. The van der Waals surface area contributed by atoms with E-state index in [1.54, 1.807) is 13.8 Å². The van der Waals surface area contributed by atoms with Gasteiger partial charge in [0.1, 0.15) is 36.6 Å². The first kappa shape index (κ1) is 32.2. The van der Waals surface area contributed by atoms with Crippen LogP contribution >= 0.6 is 0 Å². The van der Waals surface area contributed by atoms with E-state index in [-0.39, 0.29) is 18.8 Å². The highest BCUT2D eigenvalue weighted by Gasteiger charge is 2.85. The SMILES string of the molecule is COC(=O)[C@@]12OC[C@@]34C(CC5C(C)C(=O)C(OC6OC(CO)C(O)C(O)C6O)=C[C@]5(C)C3C(O)C1O)OC(=O)C(OC(C)=O)C24. The summed E-state index contributed by atoms with van der Waals surface area (Å²) in [5.74, 6) is -7.70. The normalized spacial score (nSPS) is 51.7. The van der Waals surface area contributed by atoms with Gasteiger partial charge in [0, 0.05) is 24.2 Å². The maximum atomic E-state index is 13.7. The van der Waals surface area contributed by atoms with Crippen molar-refractivity contribution in [2.45, 2.75) is 87.9 Å². The van der Waals surface area contributed by atoms with Gasteiger partial charge in [-0.1, -0.05) is 13.8 Å². The number of ketones is 1. The van der Waals surface area contributed by atoms with Gasteiger partial charge in [0.05, 0.1) is 32.3 Å². The predicted octanol–water partition coefficient (Wildman–Crippen LogP) is -3.31. The van der Waals surface area contributed by atoms with Gasteiger partial charge in [-0.05, 0) is 23.8 Å². The molecule has 6 N–H and O–H groups in total. The molecule has 2 saturated carbocycles. The Kier molecular flexibility index (Phi) is 7.64. The van der Waals surface area contributed by atoms with Gasteiger partial charge >= 0.3 is 17.9 Å². The Labute approximate surface area is 256 Å². The van der Waals surface area contributed by atoms with E-state index >= 15 is 0 Å². The van der Waals surface area contributed by atoms with Crippen molar-refractivity contribution in [3.63, 3.8) is 0 Å². The highest BCUT2D eigenvalue weighted by molar-refractivity contribution is 5.96. The van der Waals surface area contributed by atoms with Crippen molar-refractivity contribution in [3.05, 3.63) is 11.8 Å². The summed E-state index contributed by atoms with van der Waals surface area (Å²) >= 11 is 0. The number of methoxy groups -OCH3 is 1. The second kappa shape index (κ2) is 10.7. The highest BCUT2D eigenvalue weighted by Crippen LogP contribution is 2.72. The molecule has 6 rings (SSSR count). The van der Waals surface area contributed by atoms with Crippen LogP contribution < -0.4 is 0 Å². The second-order valence-electron chi connectivity index (χ2n) is 13.2. The Hall–Kier alpha value is -2.70. The summed E-state index contributed by atoms with van der Waals surface area (Å²) in [5.41, 5.74) is -5.00. The van der Waals surface area contributed by atoms with Crippen LogP contribution in [-0.4, -0.2) is 135 Å².